The Kier molecular flexibility index (Phi) is 4.69. The van der Waals surface area contributed by atoms with E-state index in [1.807, 2.05) is 0 Å². The Labute approximate surface area is 116 Å². The summed E-state index contributed by atoms with van der Waals surface area (Å²) in [5.41, 5.74) is 4.48. The van der Waals surface area contributed by atoms with Crippen molar-refractivity contribution in [3.05, 3.63) is 34.9 Å². The molecule has 100 valence electrons. The summed E-state index contributed by atoms with van der Waals surface area (Å²) in [6.07, 6.45) is 5.27. The van der Waals surface area contributed by atoms with Crippen molar-refractivity contribution in [2.45, 2.75) is 46.1 Å². The largest absolute Gasteiger partial charge is 0.312 e. The lowest BCUT2D eigenvalue weighted by molar-refractivity contribution is 0.320. The zero-order chi connectivity index (χ0) is 13.0. The highest BCUT2D eigenvalue weighted by Crippen LogP contribution is 2.38. The first kappa shape index (κ1) is 13.9. The van der Waals surface area contributed by atoms with Crippen LogP contribution in [0, 0.1) is 19.3 Å². The van der Waals surface area contributed by atoms with Gasteiger partial charge in [0.15, 0.2) is 0 Å². The van der Waals surface area contributed by atoms with E-state index in [1.165, 1.54) is 42.4 Å². The maximum absolute atomic E-state index is 6.15. The van der Waals surface area contributed by atoms with Crippen molar-refractivity contribution in [2.24, 2.45) is 5.41 Å². The number of alkyl halides is 1. The average molecular weight is 266 g/mol. The fraction of sp³-hybridized carbons (Fsp3) is 0.625. The predicted octanol–water partition coefficient (Wildman–Crippen LogP) is 4.19. The molecule has 0 saturated heterocycles. The van der Waals surface area contributed by atoms with Crippen LogP contribution in [0.25, 0.3) is 0 Å². The average Bonchev–Trinajstić information content (AvgIpc) is 2.83. The predicted molar refractivity (Wildman–Crippen MR) is 79.2 cm³/mol. The van der Waals surface area contributed by atoms with Crippen LogP contribution < -0.4 is 5.32 Å². The minimum atomic E-state index is 0.362. The monoisotopic (exact) mass is 265 g/mol. The van der Waals surface area contributed by atoms with Crippen LogP contribution in [0.3, 0.4) is 0 Å². The molecule has 2 rings (SSSR count). The topological polar surface area (TPSA) is 12.0 Å². The first-order valence-electron chi connectivity index (χ1n) is 6.98. The standard InChI is InChI=1S/C16H24ClN/c1-13-5-6-15(9-14(13)2)10-18-12-16(11-17)7-3-4-8-16/h5-6,9,18H,3-4,7-8,10-12H2,1-2H3. The summed E-state index contributed by atoms with van der Waals surface area (Å²) in [5.74, 6) is 0.799. The van der Waals surface area contributed by atoms with E-state index in [9.17, 15) is 0 Å². The summed E-state index contributed by atoms with van der Waals surface area (Å²) in [5, 5.41) is 3.60. The molecule has 0 bridgehead atoms. The van der Waals surface area contributed by atoms with Gasteiger partial charge >= 0.3 is 0 Å². The van der Waals surface area contributed by atoms with Gasteiger partial charge in [0, 0.05) is 19.0 Å². The van der Waals surface area contributed by atoms with E-state index >= 15 is 0 Å². The molecule has 18 heavy (non-hydrogen) atoms. The van der Waals surface area contributed by atoms with E-state index in [2.05, 4.69) is 37.4 Å². The highest BCUT2D eigenvalue weighted by Gasteiger charge is 2.32. The van der Waals surface area contributed by atoms with Gasteiger partial charge in [-0.2, -0.15) is 0 Å². The van der Waals surface area contributed by atoms with Crippen molar-refractivity contribution < 1.29 is 0 Å². The molecule has 0 amide bonds. The molecule has 1 aromatic rings. The van der Waals surface area contributed by atoms with E-state index in [4.69, 9.17) is 11.6 Å². The van der Waals surface area contributed by atoms with Crippen molar-refractivity contribution >= 4 is 11.6 Å². The number of rotatable bonds is 5. The second-order valence-electron chi connectivity index (χ2n) is 5.86. The number of nitrogens with one attached hydrogen (secondary N) is 1. The molecule has 0 aliphatic heterocycles. The van der Waals surface area contributed by atoms with Gasteiger partial charge in [0.25, 0.3) is 0 Å². The number of hydrogen-bond acceptors (Lipinski definition) is 1. The van der Waals surface area contributed by atoms with Crippen molar-refractivity contribution in [3.8, 4) is 0 Å². The van der Waals surface area contributed by atoms with Gasteiger partial charge in [-0.3, -0.25) is 0 Å². The molecule has 0 radical (unpaired) electrons. The van der Waals surface area contributed by atoms with Crippen molar-refractivity contribution in [3.63, 3.8) is 0 Å². The van der Waals surface area contributed by atoms with Crippen LogP contribution in [0.4, 0.5) is 0 Å². The first-order chi connectivity index (χ1) is 8.65. The van der Waals surface area contributed by atoms with Gasteiger partial charge < -0.3 is 5.32 Å². The molecule has 1 N–H and O–H groups in total. The highest BCUT2D eigenvalue weighted by atomic mass is 35.5. The van der Waals surface area contributed by atoms with Crippen LogP contribution in [-0.4, -0.2) is 12.4 Å². The van der Waals surface area contributed by atoms with Crippen LogP contribution >= 0.6 is 11.6 Å². The second kappa shape index (κ2) is 6.08. The summed E-state index contributed by atoms with van der Waals surface area (Å²) >= 11 is 6.15. The third-order valence-corrected chi connectivity index (χ3v) is 4.92. The maximum Gasteiger partial charge on any atom is 0.0292 e. The van der Waals surface area contributed by atoms with Gasteiger partial charge in [-0.25, -0.2) is 0 Å². The van der Waals surface area contributed by atoms with Crippen LogP contribution in [-0.2, 0) is 6.54 Å². The summed E-state index contributed by atoms with van der Waals surface area (Å²) in [6.45, 7) is 6.35. The minimum absolute atomic E-state index is 0.362. The molecule has 0 heterocycles. The van der Waals surface area contributed by atoms with Gasteiger partial charge in [-0.05, 0) is 48.8 Å². The van der Waals surface area contributed by atoms with E-state index in [-0.39, 0.29) is 0 Å². The SMILES string of the molecule is Cc1ccc(CNCC2(CCl)CCCC2)cc1C. The van der Waals surface area contributed by atoms with E-state index < -0.39 is 0 Å². The second-order valence-corrected chi connectivity index (χ2v) is 6.13. The van der Waals surface area contributed by atoms with Crippen LogP contribution in [0.15, 0.2) is 18.2 Å². The van der Waals surface area contributed by atoms with Crippen molar-refractivity contribution in [2.75, 3.05) is 12.4 Å². The zero-order valence-electron chi connectivity index (χ0n) is 11.6. The lowest BCUT2D eigenvalue weighted by atomic mass is 9.88. The van der Waals surface area contributed by atoms with Gasteiger partial charge in [0.1, 0.15) is 0 Å². The third-order valence-electron chi connectivity index (χ3n) is 4.35. The summed E-state index contributed by atoms with van der Waals surface area (Å²) in [6, 6.07) is 6.71. The molecular formula is C16H24ClN. The maximum atomic E-state index is 6.15. The molecule has 1 saturated carbocycles. The number of benzene rings is 1. The summed E-state index contributed by atoms with van der Waals surface area (Å²) in [4.78, 5) is 0. The van der Waals surface area contributed by atoms with E-state index in [1.54, 1.807) is 0 Å². The normalized spacial score (nSPS) is 18.2. The smallest absolute Gasteiger partial charge is 0.0292 e. The Hall–Kier alpha value is -0.530. The molecule has 1 aromatic carbocycles. The molecule has 1 aliphatic rings. The molecule has 0 atom stereocenters. The molecule has 1 nitrogen and oxygen atoms in total. The molecular weight excluding hydrogens is 242 g/mol. The minimum Gasteiger partial charge on any atom is -0.312 e. The summed E-state index contributed by atoms with van der Waals surface area (Å²) in [7, 11) is 0. The van der Waals surface area contributed by atoms with Gasteiger partial charge in [0.2, 0.25) is 0 Å². The number of halogens is 1. The number of aryl methyl sites for hydroxylation is 2. The fourth-order valence-corrected chi connectivity index (χ4v) is 3.23. The third kappa shape index (κ3) is 3.27. The Balaban J connectivity index is 1.86. The quantitative estimate of drug-likeness (QED) is 0.787. The van der Waals surface area contributed by atoms with Crippen LogP contribution in [0.2, 0.25) is 0 Å². The first-order valence-corrected chi connectivity index (χ1v) is 7.51. The Morgan fingerprint density at radius 1 is 1.17 bits per heavy atom. The molecule has 0 unspecified atom stereocenters. The van der Waals surface area contributed by atoms with Gasteiger partial charge in [-0.15, -0.1) is 11.6 Å². The zero-order valence-corrected chi connectivity index (χ0v) is 12.3. The fourth-order valence-electron chi connectivity index (χ4n) is 2.87. The lowest BCUT2D eigenvalue weighted by Crippen LogP contribution is -2.33. The van der Waals surface area contributed by atoms with E-state index in [0.717, 1.165) is 19.0 Å². The Bertz CT molecular complexity index is 394. The van der Waals surface area contributed by atoms with Crippen molar-refractivity contribution in [1.29, 1.82) is 0 Å². The van der Waals surface area contributed by atoms with Gasteiger partial charge in [-0.1, -0.05) is 31.0 Å². The van der Waals surface area contributed by atoms with Gasteiger partial charge in [0.05, 0.1) is 0 Å². The Morgan fingerprint density at radius 3 is 2.50 bits per heavy atom. The summed E-state index contributed by atoms with van der Waals surface area (Å²) < 4.78 is 0. The molecule has 0 spiro atoms. The molecule has 1 fully saturated rings. The molecule has 0 aromatic heterocycles. The molecule has 1 aliphatic carbocycles. The Morgan fingerprint density at radius 2 is 1.89 bits per heavy atom. The molecule has 2 heteroatoms. The van der Waals surface area contributed by atoms with Crippen LogP contribution in [0.1, 0.15) is 42.4 Å². The number of hydrogen-bond donors (Lipinski definition) is 1. The lowest BCUT2D eigenvalue weighted by Gasteiger charge is -2.26. The van der Waals surface area contributed by atoms with Crippen molar-refractivity contribution in [1.82, 2.24) is 5.32 Å². The van der Waals surface area contributed by atoms with Crippen LogP contribution in [0.5, 0.6) is 0 Å². The highest BCUT2D eigenvalue weighted by molar-refractivity contribution is 6.18. The van der Waals surface area contributed by atoms with E-state index in [0.29, 0.717) is 5.41 Å².